The van der Waals surface area contributed by atoms with Crippen molar-refractivity contribution < 1.29 is 23.7 Å². The summed E-state index contributed by atoms with van der Waals surface area (Å²) in [5.74, 6) is 0. The first-order valence-corrected chi connectivity index (χ1v) is 8.95. The van der Waals surface area contributed by atoms with Gasteiger partial charge in [0.1, 0.15) is 0 Å². The van der Waals surface area contributed by atoms with E-state index in [1.807, 2.05) is 85.0 Å². The zero-order chi connectivity index (χ0) is 15.1. The molecule has 0 saturated heterocycles. The Morgan fingerprint density at radius 3 is 1.71 bits per heavy atom. The minimum Gasteiger partial charge on any atom is -0.323 e. The van der Waals surface area contributed by atoms with E-state index in [0.29, 0.717) is 0 Å². The first-order valence-electron chi connectivity index (χ1n) is 6.21. The number of rotatable bonds is 3. The van der Waals surface area contributed by atoms with Crippen LogP contribution in [0.2, 0.25) is 0 Å². The largest absolute Gasteiger partial charge is 2.00 e. The molecule has 2 rings (SSSR count). The van der Waals surface area contributed by atoms with E-state index in [9.17, 15) is 4.21 Å². The number of aryl methyl sites for hydroxylation is 2. The van der Waals surface area contributed by atoms with Gasteiger partial charge in [-0.25, -0.2) is 0 Å². The minimum atomic E-state index is -1.11. The van der Waals surface area contributed by atoms with Gasteiger partial charge in [0.05, 0.1) is 0 Å². The van der Waals surface area contributed by atoms with Crippen LogP contribution in [0.5, 0.6) is 0 Å². The second-order valence-electron chi connectivity index (χ2n) is 4.51. The Balaban J connectivity index is 0.00000128. The normalized spacial score (nSPS) is 12.4. The predicted molar refractivity (Wildman–Crippen MR) is 96.2 cm³/mol. The third kappa shape index (κ3) is 6.29. The topological polar surface area (TPSA) is 17.1 Å². The smallest absolute Gasteiger partial charge is 0.323 e. The monoisotopic (exact) mass is 462 g/mol. The van der Waals surface area contributed by atoms with Crippen LogP contribution in [0.3, 0.4) is 0 Å². The molecular formula is C17H19IOSZn. The Labute approximate surface area is 157 Å². The molecule has 0 aliphatic carbocycles. The van der Waals surface area contributed by atoms with Crippen LogP contribution in [0.25, 0.3) is 0 Å². The summed E-state index contributed by atoms with van der Waals surface area (Å²) in [5, 5.41) is -0.228. The van der Waals surface area contributed by atoms with E-state index in [-0.39, 0.29) is 24.7 Å². The fraction of sp³-hybridized carbons (Fsp3) is 0.176. The van der Waals surface area contributed by atoms with Gasteiger partial charge >= 0.3 is 19.5 Å². The van der Waals surface area contributed by atoms with E-state index in [1.54, 1.807) is 0 Å². The molecule has 1 nitrogen and oxygen atoms in total. The van der Waals surface area contributed by atoms with E-state index in [1.165, 1.54) is 11.1 Å². The molecule has 0 fully saturated rings. The minimum absolute atomic E-state index is 0. The Morgan fingerprint density at radius 1 is 0.905 bits per heavy atom. The average molecular weight is 464 g/mol. The molecule has 2 atom stereocenters. The van der Waals surface area contributed by atoms with Gasteiger partial charge in [-0.3, -0.25) is 9.14 Å². The molecule has 21 heavy (non-hydrogen) atoms. The van der Waals surface area contributed by atoms with Gasteiger partial charge in [-0.2, -0.15) is 0 Å². The van der Waals surface area contributed by atoms with Gasteiger partial charge < -0.3 is 29.5 Å². The second-order valence-corrected chi connectivity index (χ2v) is 6.15. The van der Waals surface area contributed by atoms with Crippen molar-refractivity contribution in [3.63, 3.8) is 0 Å². The van der Waals surface area contributed by atoms with E-state index < -0.39 is 10.8 Å². The zero-order valence-electron chi connectivity index (χ0n) is 12.5. The Morgan fingerprint density at radius 2 is 1.29 bits per heavy atom. The summed E-state index contributed by atoms with van der Waals surface area (Å²) >= 11 is 1.90. The number of halogens is 1. The molecule has 2 aromatic carbocycles. The summed E-state index contributed by atoms with van der Waals surface area (Å²) in [5.41, 5.74) is 3.39. The molecule has 0 bridgehead atoms. The van der Waals surface area contributed by atoms with Crippen LogP contribution >= 0.6 is 22.6 Å². The van der Waals surface area contributed by atoms with Crippen LogP contribution in [-0.2, 0) is 30.3 Å². The molecule has 108 valence electrons. The standard InChI is InChI=1S/C16H17OS.CH2I.Zn/c1-12-4-8-15(9-5-12)14(3)18(17)16-10-6-13(2)7-11-16;1-2;/h4-11,14H,3H2,1-2H3;1H2;/q2*-1;+2. The van der Waals surface area contributed by atoms with Crippen molar-refractivity contribution >= 4 is 33.4 Å². The van der Waals surface area contributed by atoms with E-state index >= 15 is 0 Å². The quantitative estimate of drug-likeness (QED) is 0.348. The van der Waals surface area contributed by atoms with Gasteiger partial charge in [-0.15, -0.1) is 0 Å². The predicted octanol–water partition coefficient (Wildman–Crippen LogP) is 5.20. The van der Waals surface area contributed by atoms with E-state index in [4.69, 9.17) is 0 Å². The van der Waals surface area contributed by atoms with Crippen molar-refractivity contribution in [1.29, 1.82) is 0 Å². The molecular weight excluding hydrogens is 445 g/mol. The molecule has 2 aromatic rings. The summed E-state index contributed by atoms with van der Waals surface area (Å²) in [6.07, 6.45) is 0. The van der Waals surface area contributed by atoms with Crippen LogP contribution in [-0.4, -0.2) is 4.21 Å². The van der Waals surface area contributed by atoms with Crippen molar-refractivity contribution in [3.05, 3.63) is 77.1 Å². The van der Waals surface area contributed by atoms with Crippen molar-refractivity contribution in [3.8, 4) is 0 Å². The maximum Gasteiger partial charge on any atom is 2.00 e. The summed E-state index contributed by atoms with van der Waals surface area (Å²) in [7, 11) is -1.11. The number of benzene rings is 2. The average Bonchev–Trinajstić information content (AvgIpc) is 2.49. The molecule has 2 unspecified atom stereocenters. The molecule has 0 aliphatic heterocycles. The summed E-state index contributed by atoms with van der Waals surface area (Å²) < 4.78 is 12.4. The maximum absolute atomic E-state index is 12.4. The van der Waals surface area contributed by atoms with Gasteiger partial charge in [-0.1, -0.05) is 58.3 Å². The summed E-state index contributed by atoms with van der Waals surface area (Å²) in [6.45, 7) is 8.10. The third-order valence-corrected chi connectivity index (χ3v) is 4.49. The molecule has 0 radical (unpaired) electrons. The van der Waals surface area contributed by atoms with Gasteiger partial charge in [0, 0.05) is 15.7 Å². The van der Waals surface area contributed by atoms with Crippen LogP contribution in [0.15, 0.2) is 53.4 Å². The van der Waals surface area contributed by atoms with Crippen LogP contribution in [0.1, 0.15) is 21.9 Å². The Bertz CT molecular complexity index is 552. The summed E-state index contributed by atoms with van der Waals surface area (Å²) in [6, 6.07) is 15.8. The maximum atomic E-state index is 12.4. The van der Waals surface area contributed by atoms with Crippen molar-refractivity contribution in [2.45, 2.75) is 24.0 Å². The fourth-order valence-electron chi connectivity index (χ4n) is 1.74. The van der Waals surface area contributed by atoms with Gasteiger partial charge in [0.25, 0.3) is 0 Å². The zero-order valence-corrected chi connectivity index (χ0v) is 18.5. The van der Waals surface area contributed by atoms with Crippen molar-refractivity contribution in [2.75, 3.05) is 0 Å². The Hall–Kier alpha value is -0.0566. The molecule has 0 spiro atoms. The van der Waals surface area contributed by atoms with Crippen molar-refractivity contribution in [1.82, 2.24) is 0 Å². The molecule has 0 aromatic heterocycles. The van der Waals surface area contributed by atoms with Crippen LogP contribution in [0, 0.1) is 25.7 Å². The molecule has 0 saturated carbocycles. The van der Waals surface area contributed by atoms with Gasteiger partial charge in [-0.05, 0) is 26.0 Å². The van der Waals surface area contributed by atoms with Crippen LogP contribution < -0.4 is 0 Å². The molecule has 4 heteroatoms. The van der Waals surface area contributed by atoms with Gasteiger partial charge in [0.2, 0.25) is 0 Å². The molecule has 0 aliphatic rings. The fourth-order valence-corrected chi connectivity index (χ4v) is 2.88. The van der Waals surface area contributed by atoms with Crippen molar-refractivity contribution in [2.24, 2.45) is 0 Å². The third-order valence-electron chi connectivity index (χ3n) is 2.96. The number of hydrogen-bond donors (Lipinski definition) is 0. The van der Waals surface area contributed by atoms with Crippen LogP contribution in [0.4, 0.5) is 0 Å². The Kier molecular flexibility index (Phi) is 10.6. The SMILES string of the molecule is [CH2-]C(c1ccc(C)cc1)S(=O)c1ccc(C)cc1.[CH2-]I.[Zn+2]. The first-order chi connectivity index (χ1) is 9.58. The molecule has 0 N–H and O–H groups in total. The molecule has 0 heterocycles. The summed E-state index contributed by atoms with van der Waals surface area (Å²) in [4.78, 5) is 4.05. The first kappa shape index (κ1) is 20.9. The van der Waals surface area contributed by atoms with E-state index in [2.05, 4.69) is 11.9 Å². The number of hydrogen-bond acceptors (Lipinski definition) is 1. The molecule has 0 amide bonds. The second kappa shape index (κ2) is 10.6. The van der Waals surface area contributed by atoms with Gasteiger partial charge in [0.15, 0.2) is 0 Å². The van der Waals surface area contributed by atoms with E-state index in [0.717, 1.165) is 10.5 Å².